The Kier molecular flexibility index (Phi) is 2.92. The van der Waals surface area contributed by atoms with Crippen LogP contribution in [0.4, 0.5) is 13.2 Å². The van der Waals surface area contributed by atoms with Crippen LogP contribution >= 0.6 is 0 Å². The Morgan fingerprint density at radius 1 is 1.31 bits per heavy atom. The summed E-state index contributed by atoms with van der Waals surface area (Å²) in [6.45, 7) is 0. The van der Waals surface area contributed by atoms with Crippen LogP contribution in [0.25, 0.3) is 0 Å². The minimum atomic E-state index is -4.32. The molecule has 1 saturated carbocycles. The number of aromatic nitrogens is 2. The first-order valence-electron chi connectivity index (χ1n) is 5.35. The molecule has 2 unspecified atom stereocenters. The van der Waals surface area contributed by atoms with Crippen LogP contribution < -0.4 is 5.73 Å². The predicted octanol–water partition coefficient (Wildman–Crippen LogP) is 2.34. The van der Waals surface area contributed by atoms with Crippen LogP contribution in [0.1, 0.15) is 37.3 Å². The largest absolute Gasteiger partial charge is 0.419 e. The van der Waals surface area contributed by atoms with E-state index < -0.39 is 11.7 Å². The Balaban J connectivity index is 2.18. The van der Waals surface area contributed by atoms with Crippen molar-refractivity contribution in [3.63, 3.8) is 0 Å². The maximum absolute atomic E-state index is 12.4. The first-order chi connectivity index (χ1) is 7.48. The molecule has 2 atom stereocenters. The Hall–Kier alpha value is -1.04. The summed E-state index contributed by atoms with van der Waals surface area (Å²) >= 11 is 0. The van der Waals surface area contributed by atoms with Gasteiger partial charge >= 0.3 is 6.18 Å². The zero-order valence-corrected chi connectivity index (χ0v) is 8.74. The van der Waals surface area contributed by atoms with E-state index in [9.17, 15) is 13.2 Å². The standard InChI is InChI=1S/C10H14F3N3/c11-10(12,13)7-5-15-16(6-7)9-4-2-1-3-8(9)14/h5-6,8-9H,1-4,14H2. The molecule has 0 radical (unpaired) electrons. The Morgan fingerprint density at radius 3 is 2.56 bits per heavy atom. The molecule has 16 heavy (non-hydrogen) atoms. The molecule has 0 spiro atoms. The van der Waals surface area contributed by atoms with E-state index in [0.717, 1.165) is 38.1 Å². The summed E-state index contributed by atoms with van der Waals surface area (Å²) in [5, 5.41) is 3.77. The third-order valence-electron chi connectivity index (χ3n) is 3.05. The van der Waals surface area contributed by atoms with E-state index >= 15 is 0 Å². The van der Waals surface area contributed by atoms with Gasteiger partial charge in [0.2, 0.25) is 0 Å². The molecule has 2 rings (SSSR count). The lowest BCUT2D eigenvalue weighted by molar-refractivity contribution is -0.137. The van der Waals surface area contributed by atoms with Gasteiger partial charge in [0, 0.05) is 12.2 Å². The average molecular weight is 233 g/mol. The molecule has 0 aliphatic heterocycles. The monoisotopic (exact) mass is 233 g/mol. The van der Waals surface area contributed by atoms with Crippen LogP contribution in [-0.4, -0.2) is 15.8 Å². The maximum Gasteiger partial charge on any atom is 0.419 e. The molecule has 0 amide bonds. The fraction of sp³-hybridized carbons (Fsp3) is 0.700. The van der Waals surface area contributed by atoms with Crippen molar-refractivity contribution < 1.29 is 13.2 Å². The number of hydrogen-bond donors (Lipinski definition) is 1. The molecule has 90 valence electrons. The molecule has 3 nitrogen and oxygen atoms in total. The van der Waals surface area contributed by atoms with Gasteiger partial charge in [-0.15, -0.1) is 0 Å². The number of halogens is 3. The predicted molar refractivity (Wildman–Crippen MR) is 52.7 cm³/mol. The van der Waals surface area contributed by atoms with Crippen LogP contribution in [0.3, 0.4) is 0 Å². The zero-order chi connectivity index (χ0) is 11.8. The van der Waals surface area contributed by atoms with Crippen molar-refractivity contribution in [1.29, 1.82) is 0 Å². The van der Waals surface area contributed by atoms with E-state index in [1.54, 1.807) is 0 Å². The SMILES string of the molecule is NC1CCCCC1n1cc(C(F)(F)F)cn1. The first-order valence-corrected chi connectivity index (χ1v) is 5.35. The number of nitrogens with zero attached hydrogens (tertiary/aromatic N) is 2. The maximum atomic E-state index is 12.4. The van der Waals surface area contributed by atoms with E-state index in [1.165, 1.54) is 4.68 Å². The zero-order valence-electron chi connectivity index (χ0n) is 8.74. The van der Waals surface area contributed by atoms with Crippen LogP contribution in [-0.2, 0) is 6.18 Å². The summed E-state index contributed by atoms with van der Waals surface area (Å²) in [6.07, 6.45) is 1.30. The molecule has 0 aromatic carbocycles. The van der Waals surface area contributed by atoms with Crippen molar-refractivity contribution in [2.75, 3.05) is 0 Å². The quantitative estimate of drug-likeness (QED) is 0.809. The highest BCUT2D eigenvalue weighted by molar-refractivity contribution is 5.09. The van der Waals surface area contributed by atoms with Crippen molar-refractivity contribution in [1.82, 2.24) is 9.78 Å². The summed E-state index contributed by atoms with van der Waals surface area (Å²) in [5.41, 5.74) is 5.18. The van der Waals surface area contributed by atoms with Gasteiger partial charge in [-0.1, -0.05) is 12.8 Å². The summed E-state index contributed by atoms with van der Waals surface area (Å²) in [6, 6.07) is -0.181. The van der Waals surface area contributed by atoms with Gasteiger partial charge in [-0.05, 0) is 12.8 Å². The summed E-state index contributed by atoms with van der Waals surface area (Å²) in [5.74, 6) is 0. The third-order valence-corrected chi connectivity index (χ3v) is 3.05. The molecular weight excluding hydrogens is 219 g/mol. The van der Waals surface area contributed by atoms with Gasteiger partial charge < -0.3 is 5.73 Å². The summed E-state index contributed by atoms with van der Waals surface area (Å²) < 4.78 is 38.5. The normalized spacial score (nSPS) is 27.0. The lowest BCUT2D eigenvalue weighted by Crippen LogP contribution is -2.35. The molecule has 0 saturated heterocycles. The van der Waals surface area contributed by atoms with Gasteiger partial charge in [-0.3, -0.25) is 4.68 Å². The Morgan fingerprint density at radius 2 is 2.00 bits per heavy atom. The fourth-order valence-electron chi connectivity index (χ4n) is 2.13. The van der Waals surface area contributed by atoms with Gasteiger partial charge in [-0.2, -0.15) is 18.3 Å². The van der Waals surface area contributed by atoms with Crippen LogP contribution in [0, 0.1) is 0 Å². The van der Waals surface area contributed by atoms with E-state index in [1.807, 2.05) is 0 Å². The van der Waals surface area contributed by atoms with Crippen molar-refractivity contribution in [2.24, 2.45) is 5.73 Å². The number of nitrogens with two attached hydrogens (primary N) is 1. The second kappa shape index (κ2) is 4.08. The molecule has 1 aromatic rings. The molecule has 1 fully saturated rings. The lowest BCUT2D eigenvalue weighted by Gasteiger charge is -2.28. The van der Waals surface area contributed by atoms with Crippen LogP contribution in [0.5, 0.6) is 0 Å². The molecule has 1 aliphatic carbocycles. The van der Waals surface area contributed by atoms with E-state index in [2.05, 4.69) is 5.10 Å². The minimum Gasteiger partial charge on any atom is -0.326 e. The van der Waals surface area contributed by atoms with Gasteiger partial charge in [0.05, 0.1) is 17.8 Å². The lowest BCUT2D eigenvalue weighted by atomic mass is 9.91. The molecule has 1 aliphatic rings. The Bertz CT molecular complexity index is 358. The topological polar surface area (TPSA) is 43.8 Å². The van der Waals surface area contributed by atoms with Crippen LogP contribution in [0.2, 0.25) is 0 Å². The van der Waals surface area contributed by atoms with E-state index in [-0.39, 0.29) is 12.1 Å². The second-order valence-electron chi connectivity index (χ2n) is 4.22. The van der Waals surface area contributed by atoms with Gasteiger partial charge in [-0.25, -0.2) is 0 Å². The van der Waals surface area contributed by atoms with Crippen LogP contribution in [0.15, 0.2) is 12.4 Å². The fourth-order valence-corrected chi connectivity index (χ4v) is 2.13. The number of rotatable bonds is 1. The molecule has 1 heterocycles. The molecule has 0 bridgehead atoms. The van der Waals surface area contributed by atoms with E-state index in [4.69, 9.17) is 5.73 Å². The second-order valence-corrected chi connectivity index (χ2v) is 4.22. The van der Waals surface area contributed by atoms with Crippen molar-refractivity contribution in [2.45, 2.75) is 43.9 Å². The highest BCUT2D eigenvalue weighted by Crippen LogP contribution is 2.31. The van der Waals surface area contributed by atoms with Gasteiger partial charge in [0.25, 0.3) is 0 Å². The minimum absolute atomic E-state index is 0.0882. The average Bonchev–Trinajstić information content (AvgIpc) is 2.66. The first kappa shape index (κ1) is 11.4. The van der Waals surface area contributed by atoms with Gasteiger partial charge in [0.15, 0.2) is 0 Å². The van der Waals surface area contributed by atoms with Crippen molar-refractivity contribution >= 4 is 0 Å². The summed E-state index contributed by atoms with van der Waals surface area (Å²) in [7, 11) is 0. The molecule has 2 N–H and O–H groups in total. The van der Waals surface area contributed by atoms with E-state index in [0.29, 0.717) is 0 Å². The smallest absolute Gasteiger partial charge is 0.326 e. The number of alkyl halides is 3. The third kappa shape index (κ3) is 2.21. The molecular formula is C10H14F3N3. The van der Waals surface area contributed by atoms with Crippen molar-refractivity contribution in [3.05, 3.63) is 18.0 Å². The molecule has 6 heteroatoms. The number of hydrogen-bond acceptors (Lipinski definition) is 2. The summed E-state index contributed by atoms with van der Waals surface area (Å²) in [4.78, 5) is 0. The highest BCUT2D eigenvalue weighted by atomic mass is 19.4. The molecule has 1 aromatic heterocycles. The van der Waals surface area contributed by atoms with Crippen molar-refractivity contribution in [3.8, 4) is 0 Å². The van der Waals surface area contributed by atoms with Gasteiger partial charge in [0.1, 0.15) is 0 Å². The highest BCUT2D eigenvalue weighted by Gasteiger charge is 2.33. The Labute approximate surface area is 91.4 Å².